The molecular formula is C22H21N3OS. The lowest BCUT2D eigenvalue weighted by Crippen LogP contribution is -2.23. The number of hydrogen-bond acceptors (Lipinski definition) is 4. The van der Waals surface area contributed by atoms with Gasteiger partial charge in [-0.2, -0.15) is 0 Å². The fourth-order valence-corrected chi connectivity index (χ4v) is 4.88. The first-order valence-electron chi connectivity index (χ1n) is 9.52. The summed E-state index contributed by atoms with van der Waals surface area (Å²) in [5, 5.41) is 3.32. The van der Waals surface area contributed by atoms with E-state index in [4.69, 9.17) is 9.41 Å². The van der Waals surface area contributed by atoms with Crippen LogP contribution in [0.2, 0.25) is 0 Å². The topological polar surface area (TPSA) is 43.3 Å². The zero-order valence-corrected chi connectivity index (χ0v) is 15.9. The zero-order valence-electron chi connectivity index (χ0n) is 15.0. The van der Waals surface area contributed by atoms with Gasteiger partial charge in [-0.25, -0.2) is 4.99 Å². The largest absolute Gasteiger partial charge is 0.454 e. The summed E-state index contributed by atoms with van der Waals surface area (Å²) in [4.78, 5) is 10.1. The molecule has 1 aliphatic carbocycles. The average Bonchev–Trinajstić information content (AvgIpc) is 3.33. The maximum Gasteiger partial charge on any atom is 0.190 e. The van der Waals surface area contributed by atoms with Crippen molar-refractivity contribution in [1.29, 1.82) is 0 Å². The number of fused-ring (bicyclic) bond motifs is 1. The summed E-state index contributed by atoms with van der Waals surface area (Å²) in [5.41, 5.74) is 2.95. The van der Waals surface area contributed by atoms with Crippen molar-refractivity contribution in [3.63, 3.8) is 0 Å². The van der Waals surface area contributed by atoms with Crippen molar-refractivity contribution in [3.8, 4) is 11.5 Å². The van der Waals surface area contributed by atoms with Crippen LogP contribution < -0.4 is 4.80 Å². The number of hydrogen-bond donors (Lipinski definition) is 0. The molecule has 136 valence electrons. The molecule has 0 spiro atoms. The molecule has 1 aromatic carbocycles. The minimum absolute atomic E-state index is 0.476. The molecule has 0 N–H and O–H groups in total. The van der Waals surface area contributed by atoms with Gasteiger partial charge in [0.15, 0.2) is 10.6 Å². The van der Waals surface area contributed by atoms with E-state index < -0.39 is 0 Å². The molecule has 5 heteroatoms. The molecule has 4 nitrogen and oxygen atoms in total. The molecule has 5 rings (SSSR count). The normalized spacial score (nSPS) is 16.2. The van der Waals surface area contributed by atoms with E-state index in [2.05, 4.69) is 27.1 Å². The van der Waals surface area contributed by atoms with Gasteiger partial charge in [0.05, 0.1) is 17.6 Å². The molecule has 3 heterocycles. The molecule has 3 aromatic heterocycles. The standard InChI is InChI=1S/C22H21N3OS/c1-2-9-18(10-3-1)25-19(21-13-16-7-4-5-11-20(16)26-21)15-27-22(25)24-17-8-6-12-23-14-17/h4-8,11-15,18H,1-3,9-10H2. The molecule has 1 saturated carbocycles. The number of para-hydroxylation sites is 1. The van der Waals surface area contributed by atoms with Gasteiger partial charge >= 0.3 is 0 Å². The first-order chi connectivity index (χ1) is 13.4. The van der Waals surface area contributed by atoms with E-state index in [1.54, 1.807) is 17.5 Å². The molecule has 1 fully saturated rings. The van der Waals surface area contributed by atoms with Crippen LogP contribution in [0.15, 0.2) is 69.6 Å². The monoisotopic (exact) mass is 375 g/mol. The van der Waals surface area contributed by atoms with Crippen molar-refractivity contribution in [2.45, 2.75) is 38.1 Å². The first-order valence-corrected chi connectivity index (χ1v) is 10.4. The van der Waals surface area contributed by atoms with Crippen LogP contribution >= 0.6 is 11.3 Å². The smallest absolute Gasteiger partial charge is 0.190 e. The highest BCUT2D eigenvalue weighted by atomic mass is 32.1. The van der Waals surface area contributed by atoms with Crippen LogP contribution in [0.25, 0.3) is 22.4 Å². The van der Waals surface area contributed by atoms with Crippen molar-refractivity contribution in [1.82, 2.24) is 9.55 Å². The van der Waals surface area contributed by atoms with Crippen molar-refractivity contribution in [3.05, 3.63) is 65.0 Å². The highest BCUT2D eigenvalue weighted by molar-refractivity contribution is 7.07. The summed E-state index contributed by atoms with van der Waals surface area (Å²) in [7, 11) is 0. The third kappa shape index (κ3) is 3.23. The Bertz CT molecular complexity index is 1080. The Labute approximate surface area is 161 Å². The van der Waals surface area contributed by atoms with E-state index in [1.807, 2.05) is 36.5 Å². The summed E-state index contributed by atoms with van der Waals surface area (Å²) in [6.07, 6.45) is 9.87. The Balaban J connectivity index is 1.67. The van der Waals surface area contributed by atoms with Gasteiger partial charge in [-0.3, -0.25) is 4.98 Å². The number of benzene rings is 1. The Morgan fingerprint density at radius 3 is 2.78 bits per heavy atom. The Hall–Kier alpha value is -2.66. The molecular weight excluding hydrogens is 354 g/mol. The lowest BCUT2D eigenvalue weighted by atomic mass is 9.95. The summed E-state index contributed by atoms with van der Waals surface area (Å²) in [6, 6.07) is 14.7. The van der Waals surface area contributed by atoms with Gasteiger partial charge in [0.2, 0.25) is 0 Å². The molecule has 0 bridgehead atoms. The van der Waals surface area contributed by atoms with Crippen LogP contribution in [0.5, 0.6) is 0 Å². The van der Waals surface area contributed by atoms with E-state index in [0.717, 1.165) is 32.9 Å². The third-order valence-corrected chi connectivity index (χ3v) is 6.07. The van der Waals surface area contributed by atoms with Crippen LogP contribution in [0, 0.1) is 0 Å². The highest BCUT2D eigenvalue weighted by Gasteiger charge is 2.22. The maximum absolute atomic E-state index is 6.18. The van der Waals surface area contributed by atoms with Gasteiger partial charge in [-0.05, 0) is 37.1 Å². The Morgan fingerprint density at radius 2 is 1.96 bits per heavy atom. The second-order valence-corrected chi connectivity index (χ2v) is 7.87. The SMILES string of the molecule is c1cncc(N=c2scc(-c3cc4ccccc4o3)n2C2CCCCC2)c1. The highest BCUT2D eigenvalue weighted by Crippen LogP contribution is 2.34. The first kappa shape index (κ1) is 16.5. The summed E-state index contributed by atoms with van der Waals surface area (Å²) < 4.78 is 8.58. The molecule has 4 aromatic rings. The van der Waals surface area contributed by atoms with Crippen molar-refractivity contribution >= 4 is 28.0 Å². The predicted octanol–water partition coefficient (Wildman–Crippen LogP) is 6.10. The van der Waals surface area contributed by atoms with Gasteiger partial charge in [0.1, 0.15) is 5.58 Å². The Morgan fingerprint density at radius 1 is 1.07 bits per heavy atom. The van der Waals surface area contributed by atoms with E-state index in [0.29, 0.717) is 6.04 Å². The molecule has 27 heavy (non-hydrogen) atoms. The molecule has 0 aliphatic heterocycles. The summed E-state index contributed by atoms with van der Waals surface area (Å²) in [6.45, 7) is 0. The quantitative estimate of drug-likeness (QED) is 0.434. The van der Waals surface area contributed by atoms with Gasteiger partial charge in [-0.1, -0.05) is 37.5 Å². The van der Waals surface area contributed by atoms with Gasteiger partial charge in [0, 0.05) is 23.0 Å². The molecule has 0 unspecified atom stereocenters. The fourth-order valence-electron chi connectivity index (χ4n) is 3.91. The molecule has 1 aliphatic rings. The molecule has 0 saturated heterocycles. The van der Waals surface area contributed by atoms with Gasteiger partial charge < -0.3 is 8.98 Å². The minimum Gasteiger partial charge on any atom is -0.454 e. The fraction of sp³-hybridized carbons (Fsp3) is 0.273. The second-order valence-electron chi connectivity index (χ2n) is 7.04. The summed E-state index contributed by atoms with van der Waals surface area (Å²) >= 11 is 1.68. The third-order valence-electron chi connectivity index (χ3n) is 5.23. The molecule has 0 radical (unpaired) electrons. The number of nitrogens with zero attached hydrogens (tertiary/aromatic N) is 3. The van der Waals surface area contributed by atoms with Crippen LogP contribution in [0.4, 0.5) is 5.69 Å². The minimum atomic E-state index is 0.476. The second kappa shape index (κ2) is 7.16. The number of thiazole rings is 1. The number of pyridine rings is 1. The van der Waals surface area contributed by atoms with Crippen molar-refractivity contribution in [2.24, 2.45) is 4.99 Å². The van der Waals surface area contributed by atoms with Crippen molar-refractivity contribution < 1.29 is 4.42 Å². The van der Waals surface area contributed by atoms with E-state index in [1.165, 1.54) is 32.1 Å². The number of aromatic nitrogens is 2. The molecule has 0 atom stereocenters. The summed E-state index contributed by atoms with van der Waals surface area (Å²) in [5.74, 6) is 0.922. The number of rotatable bonds is 3. The van der Waals surface area contributed by atoms with E-state index >= 15 is 0 Å². The lowest BCUT2D eigenvalue weighted by Gasteiger charge is -2.24. The number of furan rings is 1. The van der Waals surface area contributed by atoms with E-state index in [-0.39, 0.29) is 0 Å². The average molecular weight is 375 g/mol. The van der Waals surface area contributed by atoms with E-state index in [9.17, 15) is 0 Å². The zero-order chi connectivity index (χ0) is 18.1. The van der Waals surface area contributed by atoms with Crippen LogP contribution in [0.1, 0.15) is 38.1 Å². The Kier molecular flexibility index (Phi) is 4.38. The maximum atomic E-state index is 6.18. The molecule has 0 amide bonds. The predicted molar refractivity (Wildman–Crippen MR) is 109 cm³/mol. The van der Waals surface area contributed by atoms with Crippen LogP contribution in [-0.2, 0) is 0 Å². The van der Waals surface area contributed by atoms with Gasteiger partial charge in [-0.15, -0.1) is 11.3 Å². The van der Waals surface area contributed by atoms with Crippen LogP contribution in [-0.4, -0.2) is 9.55 Å². The van der Waals surface area contributed by atoms with Crippen LogP contribution in [0.3, 0.4) is 0 Å². The van der Waals surface area contributed by atoms with Crippen molar-refractivity contribution in [2.75, 3.05) is 0 Å². The van der Waals surface area contributed by atoms with Gasteiger partial charge in [0.25, 0.3) is 0 Å². The lowest BCUT2D eigenvalue weighted by molar-refractivity contribution is 0.349.